The molecule has 0 aliphatic heterocycles. The van der Waals surface area contributed by atoms with Gasteiger partial charge in [0.15, 0.2) is 5.82 Å². The Morgan fingerprint density at radius 2 is 1.68 bits per heavy atom. The molecule has 0 atom stereocenters. The number of anilines is 1. The fourth-order valence-corrected chi connectivity index (χ4v) is 2.51. The molecule has 3 nitrogen and oxygen atoms in total. The lowest BCUT2D eigenvalue weighted by molar-refractivity contribution is 0.102. The van der Waals surface area contributed by atoms with Gasteiger partial charge in [-0.1, -0.05) is 54.1 Å². The van der Waals surface area contributed by atoms with E-state index >= 15 is 0 Å². The SMILES string of the molecule is O=C(Nc1cccc(Cl)c1F)c1ccccc1COc1ccccc1. The molecule has 0 radical (unpaired) electrons. The summed E-state index contributed by atoms with van der Waals surface area (Å²) in [5.41, 5.74) is 1.15. The van der Waals surface area contributed by atoms with Crippen LogP contribution in [-0.2, 0) is 6.61 Å². The van der Waals surface area contributed by atoms with E-state index in [0.717, 1.165) is 0 Å². The van der Waals surface area contributed by atoms with Crippen molar-refractivity contribution in [3.8, 4) is 5.75 Å². The summed E-state index contributed by atoms with van der Waals surface area (Å²) in [5, 5.41) is 2.51. The van der Waals surface area contributed by atoms with Gasteiger partial charge in [0.2, 0.25) is 0 Å². The highest BCUT2D eigenvalue weighted by Gasteiger charge is 2.14. The third-order valence-corrected chi connectivity index (χ3v) is 3.89. The zero-order chi connectivity index (χ0) is 17.6. The van der Waals surface area contributed by atoms with Gasteiger partial charge < -0.3 is 10.1 Å². The van der Waals surface area contributed by atoms with Crippen LogP contribution in [0.25, 0.3) is 0 Å². The minimum atomic E-state index is -0.657. The number of amides is 1. The number of hydrogen-bond acceptors (Lipinski definition) is 2. The summed E-state index contributed by atoms with van der Waals surface area (Å²) >= 11 is 5.75. The van der Waals surface area contributed by atoms with Crippen LogP contribution in [0.15, 0.2) is 72.8 Å². The minimum Gasteiger partial charge on any atom is -0.489 e. The van der Waals surface area contributed by atoms with Gasteiger partial charge in [0, 0.05) is 11.1 Å². The largest absolute Gasteiger partial charge is 0.489 e. The molecule has 3 aromatic carbocycles. The van der Waals surface area contributed by atoms with Crippen molar-refractivity contribution in [3.63, 3.8) is 0 Å². The van der Waals surface area contributed by atoms with E-state index in [-0.39, 0.29) is 17.3 Å². The molecule has 0 spiro atoms. The molecule has 126 valence electrons. The summed E-state index contributed by atoms with van der Waals surface area (Å²) in [6.45, 7) is 0.228. The Hall–Kier alpha value is -2.85. The van der Waals surface area contributed by atoms with E-state index in [4.69, 9.17) is 16.3 Å². The summed E-state index contributed by atoms with van der Waals surface area (Å²) in [4.78, 5) is 12.5. The van der Waals surface area contributed by atoms with Gasteiger partial charge in [0.05, 0.1) is 10.7 Å². The quantitative estimate of drug-likeness (QED) is 0.673. The first-order chi connectivity index (χ1) is 12.1. The van der Waals surface area contributed by atoms with Gasteiger partial charge >= 0.3 is 0 Å². The average molecular weight is 356 g/mol. The standard InChI is InChI=1S/C20H15ClFNO2/c21-17-11-6-12-18(19(17)22)23-20(24)16-10-5-4-7-14(16)13-25-15-8-2-1-3-9-15/h1-12H,13H2,(H,23,24). The normalized spacial score (nSPS) is 10.3. The fraction of sp³-hybridized carbons (Fsp3) is 0.0500. The molecule has 3 aromatic rings. The van der Waals surface area contributed by atoms with Crippen molar-refractivity contribution in [2.45, 2.75) is 6.61 Å². The molecule has 0 aliphatic carbocycles. The predicted octanol–water partition coefficient (Wildman–Crippen LogP) is 5.31. The Balaban J connectivity index is 1.78. The molecule has 0 saturated heterocycles. The molecule has 0 aliphatic rings. The number of ether oxygens (including phenoxy) is 1. The number of carbonyl (C=O) groups excluding carboxylic acids is 1. The second-order valence-electron chi connectivity index (χ2n) is 5.31. The van der Waals surface area contributed by atoms with Crippen molar-refractivity contribution in [1.29, 1.82) is 0 Å². The monoisotopic (exact) mass is 355 g/mol. The van der Waals surface area contributed by atoms with Gasteiger partial charge in [-0.2, -0.15) is 0 Å². The lowest BCUT2D eigenvalue weighted by Gasteiger charge is -2.12. The molecule has 0 aromatic heterocycles. The summed E-state index contributed by atoms with van der Waals surface area (Å²) < 4.78 is 19.7. The van der Waals surface area contributed by atoms with Crippen molar-refractivity contribution >= 4 is 23.2 Å². The van der Waals surface area contributed by atoms with Gasteiger partial charge in [0.25, 0.3) is 5.91 Å². The maximum Gasteiger partial charge on any atom is 0.256 e. The maximum absolute atomic E-state index is 14.0. The number of hydrogen-bond donors (Lipinski definition) is 1. The maximum atomic E-state index is 14.0. The summed E-state index contributed by atoms with van der Waals surface area (Å²) in [6, 6.07) is 20.8. The number of halogens is 2. The summed E-state index contributed by atoms with van der Waals surface area (Å²) in [5.74, 6) is -0.373. The Kier molecular flexibility index (Phi) is 5.31. The van der Waals surface area contributed by atoms with E-state index in [9.17, 15) is 9.18 Å². The highest BCUT2D eigenvalue weighted by Crippen LogP contribution is 2.23. The van der Waals surface area contributed by atoms with Crippen LogP contribution in [-0.4, -0.2) is 5.91 Å². The first-order valence-corrected chi connectivity index (χ1v) is 8.04. The molecule has 3 rings (SSSR count). The highest BCUT2D eigenvalue weighted by molar-refractivity contribution is 6.31. The number of carbonyl (C=O) groups is 1. The van der Waals surface area contributed by atoms with Crippen LogP contribution >= 0.6 is 11.6 Å². The van der Waals surface area contributed by atoms with Gasteiger partial charge in [-0.25, -0.2) is 4.39 Å². The molecule has 1 N–H and O–H groups in total. The molecular weight excluding hydrogens is 341 g/mol. The zero-order valence-corrected chi connectivity index (χ0v) is 14.0. The van der Waals surface area contributed by atoms with E-state index in [0.29, 0.717) is 16.9 Å². The van der Waals surface area contributed by atoms with Crippen LogP contribution in [0.2, 0.25) is 5.02 Å². The van der Waals surface area contributed by atoms with E-state index in [1.54, 1.807) is 24.3 Å². The average Bonchev–Trinajstić information content (AvgIpc) is 2.65. The third kappa shape index (κ3) is 4.17. The number of rotatable bonds is 5. The van der Waals surface area contributed by atoms with Crippen molar-refractivity contribution in [2.24, 2.45) is 0 Å². The highest BCUT2D eigenvalue weighted by atomic mass is 35.5. The van der Waals surface area contributed by atoms with E-state index in [1.807, 2.05) is 36.4 Å². The third-order valence-electron chi connectivity index (χ3n) is 3.60. The molecule has 25 heavy (non-hydrogen) atoms. The Morgan fingerprint density at radius 1 is 0.960 bits per heavy atom. The van der Waals surface area contributed by atoms with Crippen LogP contribution < -0.4 is 10.1 Å². The first-order valence-electron chi connectivity index (χ1n) is 7.66. The molecule has 0 bridgehead atoms. The number of benzene rings is 3. The molecule has 0 fully saturated rings. The number of para-hydroxylation sites is 1. The summed E-state index contributed by atoms with van der Waals surface area (Å²) in [6.07, 6.45) is 0. The first kappa shape index (κ1) is 17.0. The smallest absolute Gasteiger partial charge is 0.256 e. The second kappa shape index (κ2) is 7.81. The molecule has 0 heterocycles. The Morgan fingerprint density at radius 3 is 2.48 bits per heavy atom. The molecule has 1 amide bonds. The molecule has 0 saturated carbocycles. The van der Waals surface area contributed by atoms with Crippen LogP contribution in [0.5, 0.6) is 5.75 Å². The lowest BCUT2D eigenvalue weighted by Crippen LogP contribution is -2.16. The lowest BCUT2D eigenvalue weighted by atomic mass is 10.1. The number of nitrogens with one attached hydrogen (secondary N) is 1. The molecule has 0 unspecified atom stereocenters. The Labute approximate surface area is 150 Å². The topological polar surface area (TPSA) is 38.3 Å². The van der Waals surface area contributed by atoms with Crippen LogP contribution in [0.3, 0.4) is 0 Å². The van der Waals surface area contributed by atoms with E-state index in [1.165, 1.54) is 12.1 Å². The minimum absolute atomic E-state index is 0.0382. The van der Waals surface area contributed by atoms with Crippen molar-refractivity contribution < 1.29 is 13.9 Å². The van der Waals surface area contributed by atoms with Crippen molar-refractivity contribution in [2.75, 3.05) is 5.32 Å². The van der Waals surface area contributed by atoms with Crippen LogP contribution in [0.1, 0.15) is 15.9 Å². The molecule has 5 heteroatoms. The van der Waals surface area contributed by atoms with Gasteiger partial charge in [-0.05, 0) is 30.3 Å². The van der Waals surface area contributed by atoms with Crippen LogP contribution in [0.4, 0.5) is 10.1 Å². The Bertz CT molecular complexity index is 884. The van der Waals surface area contributed by atoms with Crippen LogP contribution in [0, 0.1) is 5.82 Å². The molecular formula is C20H15ClFNO2. The van der Waals surface area contributed by atoms with Crippen molar-refractivity contribution in [1.82, 2.24) is 0 Å². The zero-order valence-electron chi connectivity index (χ0n) is 13.2. The van der Waals surface area contributed by atoms with Gasteiger partial charge in [-0.15, -0.1) is 0 Å². The predicted molar refractivity (Wildman–Crippen MR) is 96.6 cm³/mol. The van der Waals surface area contributed by atoms with Gasteiger partial charge in [0.1, 0.15) is 12.4 Å². The van der Waals surface area contributed by atoms with Crippen molar-refractivity contribution in [3.05, 3.63) is 94.8 Å². The van der Waals surface area contributed by atoms with Gasteiger partial charge in [-0.3, -0.25) is 4.79 Å². The van der Waals surface area contributed by atoms with E-state index in [2.05, 4.69) is 5.32 Å². The second-order valence-corrected chi connectivity index (χ2v) is 5.72. The fourth-order valence-electron chi connectivity index (χ4n) is 2.34. The summed E-state index contributed by atoms with van der Waals surface area (Å²) in [7, 11) is 0. The van der Waals surface area contributed by atoms with E-state index < -0.39 is 11.7 Å².